The number of carbonyl (C=O) groups excluding carboxylic acids is 2. The van der Waals surface area contributed by atoms with Gasteiger partial charge in [-0.25, -0.2) is 0 Å². The van der Waals surface area contributed by atoms with Crippen molar-refractivity contribution in [2.45, 2.75) is 18.9 Å². The van der Waals surface area contributed by atoms with Crippen LogP contribution in [0, 0.1) is 0 Å². The van der Waals surface area contributed by atoms with Crippen LogP contribution >= 0.6 is 11.3 Å². The summed E-state index contributed by atoms with van der Waals surface area (Å²) in [6.07, 6.45) is 2.03. The predicted octanol–water partition coefficient (Wildman–Crippen LogP) is 4.41. The van der Waals surface area contributed by atoms with E-state index in [0.717, 1.165) is 48.7 Å². The molecule has 0 aliphatic carbocycles. The molecule has 2 amide bonds. The number of hydrogen-bond acceptors (Lipinski definition) is 6. The van der Waals surface area contributed by atoms with Gasteiger partial charge < -0.3 is 25.0 Å². The fourth-order valence-electron chi connectivity index (χ4n) is 4.40. The lowest BCUT2D eigenvalue weighted by molar-refractivity contribution is 0.0858. The summed E-state index contributed by atoms with van der Waals surface area (Å²) in [5, 5.41) is 6.97. The van der Waals surface area contributed by atoms with E-state index >= 15 is 0 Å². The molecule has 0 radical (unpaired) electrons. The number of hydrogen-bond donors (Lipinski definition) is 2. The molecule has 1 unspecified atom stereocenters. The quantitative estimate of drug-likeness (QED) is 0.512. The van der Waals surface area contributed by atoms with Crippen molar-refractivity contribution in [1.29, 1.82) is 0 Å². The van der Waals surface area contributed by atoms with Crippen LogP contribution in [0.1, 0.15) is 32.9 Å². The van der Waals surface area contributed by atoms with Crippen LogP contribution in [-0.4, -0.2) is 57.4 Å². The summed E-state index contributed by atoms with van der Waals surface area (Å²) in [4.78, 5) is 29.1. The van der Waals surface area contributed by atoms with Gasteiger partial charge in [0.2, 0.25) is 0 Å². The average molecular weight is 492 g/mol. The molecule has 0 saturated carbocycles. The smallest absolute Gasteiger partial charge is 0.265 e. The van der Waals surface area contributed by atoms with E-state index in [4.69, 9.17) is 9.47 Å². The van der Waals surface area contributed by atoms with Crippen LogP contribution in [0.5, 0.6) is 0 Å². The topological polar surface area (TPSA) is 79.9 Å². The fourth-order valence-corrected chi connectivity index (χ4v) is 5.53. The Kier molecular flexibility index (Phi) is 7.42. The Morgan fingerprint density at radius 3 is 2.51 bits per heavy atom. The van der Waals surface area contributed by atoms with E-state index in [1.807, 2.05) is 30.3 Å². The maximum atomic E-state index is 13.3. The maximum Gasteiger partial charge on any atom is 0.265 e. The molecule has 2 aliphatic heterocycles. The average Bonchev–Trinajstić information content (AvgIpc) is 3.59. The predicted molar refractivity (Wildman–Crippen MR) is 138 cm³/mol. The molecule has 1 aromatic heterocycles. The normalized spacial score (nSPS) is 17.8. The van der Waals surface area contributed by atoms with Crippen molar-refractivity contribution in [3.63, 3.8) is 0 Å². The second-order valence-electron chi connectivity index (χ2n) is 8.64. The van der Waals surface area contributed by atoms with Crippen molar-refractivity contribution in [1.82, 2.24) is 5.32 Å². The number of ether oxygens (including phenoxy) is 2. The van der Waals surface area contributed by atoms with Gasteiger partial charge in [-0.1, -0.05) is 42.5 Å². The van der Waals surface area contributed by atoms with Crippen LogP contribution in [-0.2, 0) is 9.47 Å². The minimum absolute atomic E-state index is 0.0573. The molecule has 2 aromatic carbocycles. The Balaban J connectivity index is 1.36. The van der Waals surface area contributed by atoms with Crippen molar-refractivity contribution < 1.29 is 19.1 Å². The third-order valence-electron chi connectivity index (χ3n) is 6.25. The Labute approximate surface area is 209 Å². The van der Waals surface area contributed by atoms with Crippen molar-refractivity contribution >= 4 is 33.8 Å². The molecular weight excluding hydrogens is 462 g/mol. The van der Waals surface area contributed by atoms with E-state index in [2.05, 4.69) is 27.7 Å². The Bertz CT molecular complexity index is 1170. The third kappa shape index (κ3) is 5.56. The molecule has 3 heterocycles. The second kappa shape index (κ2) is 11.0. The lowest BCUT2D eigenvalue weighted by Crippen LogP contribution is -2.35. The molecular formula is C27H29N3O4S. The monoisotopic (exact) mass is 491 g/mol. The van der Waals surface area contributed by atoms with Gasteiger partial charge in [0, 0.05) is 31.8 Å². The van der Waals surface area contributed by atoms with Gasteiger partial charge in [-0.3, -0.25) is 9.59 Å². The van der Waals surface area contributed by atoms with Gasteiger partial charge in [-0.05, 0) is 36.6 Å². The lowest BCUT2D eigenvalue weighted by Gasteiger charge is -2.28. The van der Waals surface area contributed by atoms with E-state index in [1.165, 1.54) is 11.3 Å². The molecule has 182 valence electrons. The second-order valence-corrected chi connectivity index (χ2v) is 9.67. The molecule has 2 N–H and O–H groups in total. The van der Waals surface area contributed by atoms with Gasteiger partial charge in [0.25, 0.3) is 11.8 Å². The number of para-hydroxylation sites is 1. The first-order valence-corrected chi connectivity index (χ1v) is 12.8. The van der Waals surface area contributed by atoms with Crippen molar-refractivity contribution in [3.8, 4) is 11.1 Å². The zero-order valence-electron chi connectivity index (χ0n) is 19.5. The number of thiophene rings is 1. The molecule has 5 rings (SSSR count). The molecule has 2 saturated heterocycles. The number of amides is 2. The van der Waals surface area contributed by atoms with Crippen LogP contribution in [0.25, 0.3) is 11.1 Å². The maximum absolute atomic E-state index is 13.3. The fraction of sp³-hybridized carbons (Fsp3) is 0.333. The highest BCUT2D eigenvalue weighted by Crippen LogP contribution is 2.39. The van der Waals surface area contributed by atoms with Gasteiger partial charge >= 0.3 is 0 Å². The number of nitrogens with zero attached hydrogens (tertiary/aromatic N) is 1. The highest BCUT2D eigenvalue weighted by Gasteiger charge is 2.23. The van der Waals surface area contributed by atoms with Crippen molar-refractivity contribution in [3.05, 3.63) is 71.1 Å². The van der Waals surface area contributed by atoms with Crippen molar-refractivity contribution in [2.75, 3.05) is 49.7 Å². The molecule has 2 aliphatic rings. The van der Waals surface area contributed by atoms with Crippen LogP contribution < -0.4 is 15.5 Å². The summed E-state index contributed by atoms with van der Waals surface area (Å²) < 4.78 is 11.1. The molecule has 1 atom stereocenters. The lowest BCUT2D eigenvalue weighted by atomic mass is 10.1. The molecule has 0 bridgehead atoms. The Morgan fingerprint density at radius 1 is 0.971 bits per heavy atom. The van der Waals surface area contributed by atoms with Crippen molar-refractivity contribution in [2.24, 2.45) is 0 Å². The van der Waals surface area contributed by atoms with Gasteiger partial charge in [0.15, 0.2) is 0 Å². The number of carbonyl (C=O) groups is 2. The summed E-state index contributed by atoms with van der Waals surface area (Å²) in [5.41, 5.74) is 3.03. The highest BCUT2D eigenvalue weighted by molar-refractivity contribution is 7.18. The van der Waals surface area contributed by atoms with Gasteiger partial charge in [0.1, 0.15) is 0 Å². The number of morpholine rings is 1. The first-order chi connectivity index (χ1) is 17.2. The van der Waals surface area contributed by atoms with Gasteiger partial charge in [-0.2, -0.15) is 0 Å². The molecule has 7 nitrogen and oxygen atoms in total. The van der Waals surface area contributed by atoms with E-state index in [0.29, 0.717) is 35.9 Å². The van der Waals surface area contributed by atoms with E-state index < -0.39 is 0 Å². The minimum Gasteiger partial charge on any atom is -0.378 e. The SMILES string of the molecule is O=C(Nc1ccccc1C(=O)NCC1CCCO1)c1cc(-c2ccccc2)c(N2CCOCC2)s1. The summed E-state index contributed by atoms with van der Waals surface area (Å²) >= 11 is 1.47. The summed E-state index contributed by atoms with van der Waals surface area (Å²) in [7, 11) is 0. The summed E-state index contributed by atoms with van der Waals surface area (Å²) in [6, 6.07) is 19.1. The van der Waals surface area contributed by atoms with E-state index in [1.54, 1.807) is 18.2 Å². The number of benzene rings is 2. The van der Waals surface area contributed by atoms with Gasteiger partial charge in [-0.15, -0.1) is 11.3 Å². The van der Waals surface area contributed by atoms with Gasteiger partial charge in [0.05, 0.1) is 40.4 Å². The largest absolute Gasteiger partial charge is 0.378 e. The highest BCUT2D eigenvalue weighted by atomic mass is 32.1. The summed E-state index contributed by atoms with van der Waals surface area (Å²) in [5.74, 6) is -0.451. The number of anilines is 2. The molecule has 0 spiro atoms. The van der Waals surface area contributed by atoms with Crippen LogP contribution in [0.3, 0.4) is 0 Å². The molecule has 35 heavy (non-hydrogen) atoms. The number of nitrogens with one attached hydrogen (secondary N) is 2. The van der Waals surface area contributed by atoms with E-state index in [9.17, 15) is 9.59 Å². The van der Waals surface area contributed by atoms with Crippen LogP contribution in [0.4, 0.5) is 10.7 Å². The zero-order chi connectivity index (χ0) is 24.0. The molecule has 3 aromatic rings. The summed E-state index contributed by atoms with van der Waals surface area (Å²) in [6.45, 7) is 4.12. The van der Waals surface area contributed by atoms with Crippen LogP contribution in [0.15, 0.2) is 60.7 Å². The first-order valence-electron chi connectivity index (χ1n) is 12.0. The first kappa shape index (κ1) is 23.5. The number of rotatable bonds is 7. The molecule has 2 fully saturated rings. The standard InChI is InChI=1S/C27H29N3O4S/c31-25(28-18-20-9-6-14-34-20)21-10-4-5-11-23(21)29-26(32)24-17-22(19-7-2-1-3-8-19)27(35-24)30-12-15-33-16-13-30/h1-5,7-8,10-11,17,20H,6,9,12-16,18H2,(H,28,31)(H,29,32). The Hall–Kier alpha value is -3.20. The zero-order valence-corrected chi connectivity index (χ0v) is 20.3. The van der Waals surface area contributed by atoms with Crippen LogP contribution in [0.2, 0.25) is 0 Å². The molecule has 8 heteroatoms. The van der Waals surface area contributed by atoms with E-state index in [-0.39, 0.29) is 17.9 Å². The third-order valence-corrected chi connectivity index (χ3v) is 7.45. The Morgan fingerprint density at radius 2 is 1.74 bits per heavy atom. The minimum atomic E-state index is -0.230.